The Balaban J connectivity index is 0.0000000918. The second-order valence-electron chi connectivity index (χ2n) is 31.3. The van der Waals surface area contributed by atoms with E-state index in [-0.39, 0.29) is 0 Å². The number of nitrogens with one attached hydrogen (secondary N) is 4. The van der Waals surface area contributed by atoms with Gasteiger partial charge in [-0.05, 0) is 325 Å². The minimum absolute atomic E-state index is 0.334. The lowest BCUT2D eigenvalue weighted by Crippen LogP contribution is -2.58. The predicted octanol–water partition coefficient (Wildman–Crippen LogP) is 18.6. The average Bonchev–Trinajstić information content (AvgIpc) is 1.93. The van der Waals surface area contributed by atoms with Gasteiger partial charge in [0, 0.05) is 89.7 Å². The Labute approximate surface area is 551 Å². The van der Waals surface area contributed by atoms with Gasteiger partial charge in [-0.3, -0.25) is 4.99 Å². The van der Waals surface area contributed by atoms with Crippen LogP contribution < -0.4 is 21.3 Å². The maximum absolute atomic E-state index is 5.29. The van der Waals surface area contributed by atoms with Gasteiger partial charge in [-0.25, -0.2) is 0 Å². The zero-order chi connectivity index (χ0) is 59.2. The number of nitrogens with zero attached hydrogens (tertiary/aromatic N) is 4. The number of aromatic nitrogens is 3. The zero-order valence-electron chi connectivity index (χ0n) is 51.9. The molecule has 8 heterocycles. The molecule has 4 N–H and O–H groups in total. The van der Waals surface area contributed by atoms with E-state index >= 15 is 0 Å². The smallest absolute Gasteiger partial charge is 0.293 e. The summed E-state index contributed by atoms with van der Waals surface area (Å²) in [5.41, 5.74) is 3.15. The van der Waals surface area contributed by atoms with Gasteiger partial charge in [0.1, 0.15) is 0 Å². The van der Waals surface area contributed by atoms with Crippen LogP contribution in [0.2, 0.25) is 0 Å². The van der Waals surface area contributed by atoms with E-state index in [4.69, 9.17) is 8.94 Å². The van der Waals surface area contributed by atoms with E-state index in [1.165, 1.54) is 198 Å². The van der Waals surface area contributed by atoms with Gasteiger partial charge in [0.05, 0.1) is 28.1 Å². The summed E-state index contributed by atoms with van der Waals surface area (Å²) in [5.74, 6) is 13.9. The molecule has 16 saturated carbocycles. The van der Waals surface area contributed by atoms with Crippen molar-refractivity contribution < 1.29 is 8.94 Å². The van der Waals surface area contributed by atoms with Crippen molar-refractivity contribution >= 4 is 73.1 Å². The molecule has 10 nitrogen and oxygen atoms in total. The van der Waals surface area contributed by atoms with Gasteiger partial charge in [0.25, 0.3) is 5.89 Å². The molecule has 7 aromatic heterocycles. The summed E-state index contributed by atoms with van der Waals surface area (Å²) >= 11 is 11.2. The lowest BCUT2D eigenvalue weighted by Gasteiger charge is -2.57. The molecule has 16 fully saturated rings. The molecular formula is C74H91BrN8O2S4. The first-order chi connectivity index (χ1) is 43.5. The second kappa shape index (κ2) is 24.5. The van der Waals surface area contributed by atoms with E-state index in [2.05, 4.69) is 136 Å². The van der Waals surface area contributed by atoms with Gasteiger partial charge in [-0.1, -0.05) is 5.16 Å². The summed E-state index contributed by atoms with van der Waals surface area (Å²) in [6.45, 7) is 4.73. The number of hydrogen-bond donors (Lipinski definition) is 4. The fraction of sp³-hybridized carbons (Fsp3) is 0.608. The number of rotatable bonds is 16. The molecule has 89 heavy (non-hydrogen) atoms. The monoisotopic (exact) mass is 1330 g/mol. The van der Waals surface area contributed by atoms with Crippen molar-refractivity contribution in [2.75, 3.05) is 6.54 Å². The van der Waals surface area contributed by atoms with E-state index in [1.54, 1.807) is 6.26 Å². The van der Waals surface area contributed by atoms with Crippen LogP contribution in [-0.4, -0.2) is 49.6 Å². The molecule has 7 aromatic rings. The molecule has 16 bridgehead atoms. The second-order valence-corrected chi connectivity index (χ2v) is 37.3. The molecule has 0 spiro atoms. The predicted molar refractivity (Wildman–Crippen MR) is 368 cm³/mol. The topological polar surface area (TPSA) is 117 Å². The minimum Gasteiger partial charge on any atom is -0.459 e. The molecule has 0 aromatic carbocycles. The fourth-order valence-corrected chi connectivity index (χ4v) is 26.8. The van der Waals surface area contributed by atoms with Crippen LogP contribution in [0, 0.1) is 71.0 Å². The molecule has 0 amide bonds. The maximum atomic E-state index is 5.29. The summed E-state index contributed by atoms with van der Waals surface area (Å²) in [4.78, 5) is 17.4. The number of aliphatic imine (C=N–C) groups is 1. The Morgan fingerprint density at radius 1 is 0.461 bits per heavy atom. The van der Waals surface area contributed by atoms with Crippen LogP contribution in [-0.2, 0) is 26.2 Å². The quantitative estimate of drug-likeness (QED) is 0.0756. The van der Waals surface area contributed by atoms with Crippen LogP contribution >= 0.6 is 61.3 Å². The Bertz CT molecular complexity index is 3360. The van der Waals surface area contributed by atoms with Gasteiger partial charge < -0.3 is 34.8 Å². The largest absolute Gasteiger partial charge is 0.459 e. The highest BCUT2D eigenvalue weighted by Gasteiger charge is 2.54. The standard InChI is InChI=1S/C19H22BrNS2.2C19H24N2S.C17H21N3O2/c20-18-4-3-17(23-18)16-2-1-15(22-16)11-21-19-8-12-5-13(9-19)7-14(6-12)10-19;1-2-18(16-3-4-20-11-16)22-17(1)12-21-19-8-13-5-14(9-19)7-15(6-13)10-19;1-2-6-21(5-1)18-4-3-17(22-18)13-20-19-10-14-7-15(11-19)9-16(8-14)12-19;1-2-14(21-3-1)16-19-15(20-22-16)10-18-17-7-11-4-12(8-17)6-13(5-11)9-17/h1-4,12-14,21H,5-11H2;1-4,13-15,21H,5-12H2;1-6,14-16,20H,7-13H2;1-3,11-13,18H,4-10H2. The Morgan fingerprint density at radius 3 is 1.30 bits per heavy atom. The molecule has 15 heteroatoms. The molecule has 1 aliphatic heterocycles. The highest BCUT2D eigenvalue weighted by atomic mass is 79.9. The lowest BCUT2D eigenvalue weighted by atomic mass is 9.53. The third-order valence-electron chi connectivity index (χ3n) is 24.5. The van der Waals surface area contributed by atoms with Crippen molar-refractivity contribution in [2.45, 2.75) is 202 Å². The number of halogens is 1. The van der Waals surface area contributed by atoms with E-state index in [0.717, 1.165) is 103 Å². The minimum atomic E-state index is 0.334. The third-order valence-corrected chi connectivity index (χ3v) is 29.7. The van der Waals surface area contributed by atoms with Crippen LogP contribution in [0.1, 0.15) is 179 Å². The molecule has 24 rings (SSSR count). The number of hydrogen-bond acceptors (Lipinski definition) is 13. The summed E-state index contributed by atoms with van der Waals surface area (Å²) < 4.78 is 14.0. The van der Waals surface area contributed by atoms with Crippen LogP contribution in [0.25, 0.3) is 32.0 Å². The first kappa shape index (κ1) is 59.0. The Kier molecular flexibility index (Phi) is 16.3. The van der Waals surface area contributed by atoms with Crippen molar-refractivity contribution in [3.05, 3.63) is 127 Å². The average molecular weight is 1330 g/mol. The first-order valence-electron chi connectivity index (χ1n) is 34.7. The van der Waals surface area contributed by atoms with E-state index < -0.39 is 0 Å². The maximum Gasteiger partial charge on any atom is 0.293 e. The summed E-state index contributed by atoms with van der Waals surface area (Å²) in [5, 5.41) is 21.2. The molecule has 0 unspecified atom stereocenters. The van der Waals surface area contributed by atoms with E-state index in [9.17, 15) is 0 Å². The van der Waals surface area contributed by atoms with Gasteiger partial charge in [0.15, 0.2) is 11.6 Å². The highest BCUT2D eigenvalue weighted by Crippen LogP contribution is 2.59. The van der Waals surface area contributed by atoms with Crippen LogP contribution in [0.5, 0.6) is 0 Å². The van der Waals surface area contributed by atoms with Crippen LogP contribution in [0.15, 0.2) is 115 Å². The molecule has 0 radical (unpaired) electrons. The van der Waals surface area contributed by atoms with Gasteiger partial charge in [0.2, 0.25) is 0 Å². The van der Waals surface area contributed by atoms with Crippen molar-refractivity contribution in [1.82, 2.24) is 36.0 Å². The Hall–Kier alpha value is -3.77. The van der Waals surface area contributed by atoms with Gasteiger partial charge in [-0.15, -0.1) is 45.3 Å². The molecule has 0 saturated heterocycles. The van der Waals surface area contributed by atoms with Crippen molar-refractivity contribution in [2.24, 2.45) is 76.0 Å². The Morgan fingerprint density at radius 2 is 0.876 bits per heavy atom. The summed E-state index contributed by atoms with van der Waals surface area (Å²) in [6, 6.07) is 26.0. The fourth-order valence-electron chi connectivity index (χ4n) is 22.5. The molecule has 16 aliphatic carbocycles. The molecule has 0 atom stereocenters. The first-order valence-corrected chi connectivity index (χ1v) is 38.8. The van der Waals surface area contributed by atoms with Crippen molar-refractivity contribution in [3.8, 4) is 26.4 Å². The zero-order valence-corrected chi connectivity index (χ0v) is 56.7. The van der Waals surface area contributed by atoms with Crippen LogP contribution in [0.3, 0.4) is 0 Å². The number of furan rings is 1. The molecule has 17 aliphatic rings. The summed E-state index contributed by atoms with van der Waals surface area (Å²) in [7, 11) is 0. The third kappa shape index (κ3) is 12.9. The van der Waals surface area contributed by atoms with E-state index in [1.807, 2.05) is 63.7 Å². The number of allylic oxidation sites excluding steroid dienone is 1. The van der Waals surface area contributed by atoms with E-state index in [0.29, 0.717) is 40.4 Å². The lowest BCUT2D eigenvalue weighted by molar-refractivity contribution is -0.0210. The van der Waals surface area contributed by atoms with Crippen molar-refractivity contribution in [1.29, 1.82) is 0 Å². The highest BCUT2D eigenvalue weighted by molar-refractivity contribution is 9.11. The SMILES string of the molecule is Brc1ccc(-c2ccc(CNC34CC5CC(CC(C5)C3)C4)s2)s1.C1=NCC(c2ccc(CNC34CC5CC(CC(C5)C3)C4)s2)=C1.c1ccn(-c2ccc(CNC34CC5CC(CC(C5)C3)C4)s2)c1.c1coc(-c2nc(CNC34CC5CC(CC(C5)C3)C4)no2)c1. The van der Waals surface area contributed by atoms with Crippen LogP contribution in [0.4, 0.5) is 0 Å². The molecular weight excluding hydrogens is 1240 g/mol. The molecule has 470 valence electrons. The number of thiophene rings is 4. The summed E-state index contributed by atoms with van der Waals surface area (Å²) in [6.07, 6.45) is 45.0. The van der Waals surface area contributed by atoms with Gasteiger partial charge in [-0.2, -0.15) is 4.98 Å². The van der Waals surface area contributed by atoms with Gasteiger partial charge >= 0.3 is 0 Å². The normalized spacial score (nSPS) is 36.5. The van der Waals surface area contributed by atoms with Crippen molar-refractivity contribution in [3.63, 3.8) is 0 Å².